The van der Waals surface area contributed by atoms with Crippen molar-refractivity contribution in [3.63, 3.8) is 0 Å². The molecule has 112 valence electrons. The van der Waals surface area contributed by atoms with Crippen LogP contribution < -0.4 is 4.72 Å². The number of pyridine rings is 1. The minimum Gasteiger partial charge on any atom is -0.264 e. The fraction of sp³-hybridized carbons (Fsp3) is 0.400. The SMILES string of the molecule is O=S(=O)(NC1(CCl)CCCC1)c1cccc2cnccc12. The minimum absolute atomic E-state index is 0.291. The zero-order chi connectivity index (χ0) is 14.9. The highest BCUT2D eigenvalue weighted by Gasteiger charge is 2.37. The number of nitrogens with one attached hydrogen (secondary N) is 1. The Morgan fingerprint density at radius 3 is 2.71 bits per heavy atom. The largest absolute Gasteiger partial charge is 0.264 e. The van der Waals surface area contributed by atoms with Crippen molar-refractivity contribution in [1.29, 1.82) is 0 Å². The molecule has 4 nitrogen and oxygen atoms in total. The summed E-state index contributed by atoms with van der Waals surface area (Å²) in [6, 6.07) is 6.95. The Morgan fingerprint density at radius 1 is 1.24 bits per heavy atom. The molecular formula is C15H17ClN2O2S. The lowest BCUT2D eigenvalue weighted by Crippen LogP contribution is -2.47. The summed E-state index contributed by atoms with van der Waals surface area (Å²) in [4.78, 5) is 4.32. The summed E-state index contributed by atoms with van der Waals surface area (Å²) in [5.41, 5.74) is -0.504. The molecule has 1 saturated carbocycles. The van der Waals surface area contributed by atoms with Crippen LogP contribution in [0.5, 0.6) is 0 Å². The molecule has 0 radical (unpaired) electrons. The van der Waals surface area contributed by atoms with Gasteiger partial charge in [-0.15, -0.1) is 11.6 Å². The number of nitrogens with zero attached hydrogens (tertiary/aromatic N) is 1. The second-order valence-electron chi connectivity index (χ2n) is 5.58. The summed E-state index contributed by atoms with van der Waals surface area (Å²) < 4.78 is 28.4. The van der Waals surface area contributed by atoms with E-state index in [1.807, 2.05) is 6.07 Å². The molecule has 0 bridgehead atoms. The summed E-state index contributed by atoms with van der Waals surface area (Å²) in [6.45, 7) is 0. The molecule has 1 heterocycles. The number of rotatable bonds is 4. The van der Waals surface area contributed by atoms with Crippen LogP contribution in [-0.2, 0) is 10.0 Å². The highest BCUT2D eigenvalue weighted by molar-refractivity contribution is 7.89. The van der Waals surface area contributed by atoms with Crippen molar-refractivity contribution in [2.24, 2.45) is 0 Å². The Bertz CT molecular complexity index is 750. The molecule has 1 N–H and O–H groups in total. The monoisotopic (exact) mass is 324 g/mol. The van der Waals surface area contributed by atoms with E-state index in [4.69, 9.17) is 11.6 Å². The van der Waals surface area contributed by atoms with E-state index < -0.39 is 15.6 Å². The van der Waals surface area contributed by atoms with Gasteiger partial charge >= 0.3 is 0 Å². The van der Waals surface area contributed by atoms with Gasteiger partial charge in [-0.05, 0) is 25.0 Å². The van der Waals surface area contributed by atoms with Gasteiger partial charge in [-0.3, -0.25) is 4.98 Å². The van der Waals surface area contributed by atoms with Gasteiger partial charge in [-0.1, -0.05) is 25.0 Å². The third-order valence-corrected chi connectivity index (χ3v) is 6.25. The molecule has 0 amide bonds. The van der Waals surface area contributed by atoms with Crippen molar-refractivity contribution >= 4 is 32.4 Å². The number of halogens is 1. The highest BCUT2D eigenvalue weighted by atomic mass is 35.5. The van der Waals surface area contributed by atoms with Crippen molar-refractivity contribution in [2.45, 2.75) is 36.1 Å². The maximum absolute atomic E-state index is 12.8. The molecule has 1 aliphatic rings. The third kappa shape index (κ3) is 2.78. The topological polar surface area (TPSA) is 59.1 Å². The molecule has 6 heteroatoms. The number of alkyl halides is 1. The van der Waals surface area contributed by atoms with Crippen LogP contribution in [0.2, 0.25) is 0 Å². The molecular weight excluding hydrogens is 308 g/mol. The van der Waals surface area contributed by atoms with Gasteiger partial charge in [-0.25, -0.2) is 13.1 Å². The van der Waals surface area contributed by atoms with E-state index in [1.165, 1.54) is 0 Å². The van der Waals surface area contributed by atoms with Crippen LogP contribution in [-0.4, -0.2) is 24.8 Å². The molecule has 0 spiro atoms. The van der Waals surface area contributed by atoms with E-state index in [-0.39, 0.29) is 0 Å². The Hall–Kier alpha value is -1.17. The predicted octanol–water partition coefficient (Wildman–Crippen LogP) is 3.06. The molecule has 0 unspecified atom stereocenters. The molecule has 2 aromatic rings. The molecule has 0 saturated heterocycles. The van der Waals surface area contributed by atoms with Gasteiger partial charge in [0.05, 0.1) is 4.90 Å². The lowest BCUT2D eigenvalue weighted by Gasteiger charge is -2.27. The van der Waals surface area contributed by atoms with E-state index in [9.17, 15) is 8.42 Å². The third-order valence-electron chi connectivity index (χ3n) is 4.10. The second kappa shape index (κ2) is 5.55. The first kappa shape index (κ1) is 14.8. The fourth-order valence-corrected chi connectivity index (χ4v) is 5.08. The number of benzene rings is 1. The standard InChI is InChI=1S/C15H17ClN2O2S/c16-11-15(7-1-2-8-15)18-21(19,20)14-5-3-4-12-10-17-9-6-13(12)14/h3-6,9-10,18H,1-2,7-8,11H2. The average Bonchev–Trinajstić information content (AvgIpc) is 2.95. The summed E-state index contributed by atoms with van der Waals surface area (Å²) in [5.74, 6) is 0.304. The summed E-state index contributed by atoms with van der Waals surface area (Å²) in [7, 11) is -3.60. The van der Waals surface area contributed by atoms with Gasteiger partial charge < -0.3 is 0 Å². The van der Waals surface area contributed by atoms with Crippen molar-refractivity contribution < 1.29 is 8.42 Å². The number of fused-ring (bicyclic) bond motifs is 1. The van der Waals surface area contributed by atoms with Crippen molar-refractivity contribution in [1.82, 2.24) is 9.71 Å². The number of sulfonamides is 1. The van der Waals surface area contributed by atoms with E-state index in [2.05, 4.69) is 9.71 Å². The van der Waals surface area contributed by atoms with Crippen LogP contribution >= 0.6 is 11.6 Å². The highest BCUT2D eigenvalue weighted by Crippen LogP contribution is 2.33. The Morgan fingerprint density at radius 2 is 2.00 bits per heavy atom. The van der Waals surface area contributed by atoms with E-state index >= 15 is 0 Å². The Kier molecular flexibility index (Phi) is 3.90. The van der Waals surface area contributed by atoms with Crippen LogP contribution in [0.25, 0.3) is 10.8 Å². The second-order valence-corrected chi connectivity index (χ2v) is 7.50. The lowest BCUT2D eigenvalue weighted by molar-refractivity contribution is 0.433. The van der Waals surface area contributed by atoms with Crippen molar-refractivity contribution in [3.05, 3.63) is 36.7 Å². The van der Waals surface area contributed by atoms with E-state index in [0.29, 0.717) is 16.2 Å². The van der Waals surface area contributed by atoms with E-state index in [1.54, 1.807) is 30.6 Å². The van der Waals surface area contributed by atoms with Crippen LogP contribution in [0, 0.1) is 0 Å². The van der Waals surface area contributed by atoms with Gasteiger partial charge in [0.1, 0.15) is 0 Å². The lowest BCUT2D eigenvalue weighted by atomic mass is 10.0. The van der Waals surface area contributed by atoms with Gasteiger partial charge in [-0.2, -0.15) is 0 Å². The number of hydrogen-bond donors (Lipinski definition) is 1. The molecule has 3 rings (SSSR count). The molecule has 0 aliphatic heterocycles. The molecule has 1 aromatic heterocycles. The van der Waals surface area contributed by atoms with Gasteiger partial charge in [0.25, 0.3) is 0 Å². The van der Waals surface area contributed by atoms with Crippen molar-refractivity contribution in [3.8, 4) is 0 Å². The minimum atomic E-state index is -3.60. The molecule has 1 fully saturated rings. The summed E-state index contributed by atoms with van der Waals surface area (Å²) in [6.07, 6.45) is 6.88. The van der Waals surface area contributed by atoms with Crippen LogP contribution in [0.15, 0.2) is 41.6 Å². The first-order chi connectivity index (χ1) is 10.1. The summed E-state index contributed by atoms with van der Waals surface area (Å²) in [5, 5.41) is 1.49. The van der Waals surface area contributed by atoms with Crippen molar-refractivity contribution in [2.75, 3.05) is 5.88 Å². The molecule has 0 atom stereocenters. The van der Waals surface area contributed by atoms with Gasteiger partial charge in [0.2, 0.25) is 10.0 Å². The summed E-state index contributed by atoms with van der Waals surface area (Å²) >= 11 is 6.04. The maximum Gasteiger partial charge on any atom is 0.241 e. The average molecular weight is 325 g/mol. The zero-order valence-corrected chi connectivity index (χ0v) is 13.1. The van der Waals surface area contributed by atoms with Gasteiger partial charge in [0, 0.05) is 34.6 Å². The normalized spacial score (nSPS) is 18.1. The molecule has 21 heavy (non-hydrogen) atoms. The predicted molar refractivity (Wildman–Crippen MR) is 84.0 cm³/mol. The zero-order valence-electron chi connectivity index (χ0n) is 11.5. The smallest absolute Gasteiger partial charge is 0.241 e. The maximum atomic E-state index is 12.8. The number of aromatic nitrogens is 1. The molecule has 1 aromatic carbocycles. The van der Waals surface area contributed by atoms with Crippen LogP contribution in [0.1, 0.15) is 25.7 Å². The van der Waals surface area contributed by atoms with Crippen LogP contribution in [0.3, 0.4) is 0 Å². The first-order valence-electron chi connectivity index (χ1n) is 6.99. The Labute approximate surface area is 129 Å². The van der Waals surface area contributed by atoms with Crippen LogP contribution in [0.4, 0.5) is 0 Å². The fourth-order valence-electron chi connectivity index (χ4n) is 2.98. The first-order valence-corrected chi connectivity index (χ1v) is 9.01. The Balaban J connectivity index is 2.04. The molecule has 1 aliphatic carbocycles. The number of hydrogen-bond acceptors (Lipinski definition) is 3. The van der Waals surface area contributed by atoms with Gasteiger partial charge in [0.15, 0.2) is 0 Å². The quantitative estimate of drug-likeness (QED) is 0.879. The van der Waals surface area contributed by atoms with E-state index in [0.717, 1.165) is 31.1 Å².